The van der Waals surface area contributed by atoms with Gasteiger partial charge in [-0.3, -0.25) is 0 Å². The van der Waals surface area contributed by atoms with Crippen molar-refractivity contribution < 1.29 is 20.4 Å². The van der Waals surface area contributed by atoms with Crippen LogP contribution in [0.3, 0.4) is 0 Å². The van der Waals surface area contributed by atoms with E-state index in [1.807, 2.05) is 0 Å². The van der Waals surface area contributed by atoms with Gasteiger partial charge in [-0.2, -0.15) is 0 Å². The summed E-state index contributed by atoms with van der Waals surface area (Å²) in [5.41, 5.74) is 2.27. The number of aliphatic hydroxyl groups is 4. The smallest absolute Gasteiger partial charge is 0.108 e. The fraction of sp³-hybridized carbons (Fsp3) is 1.00. The molecule has 39 heavy (non-hydrogen) atoms. The molecule has 0 aromatic heterocycles. The molecule has 5 saturated carbocycles. The van der Waals surface area contributed by atoms with Crippen molar-refractivity contribution in [2.24, 2.45) is 62.6 Å². The highest BCUT2D eigenvalue weighted by molar-refractivity contribution is 5.19. The molecule has 0 heterocycles. The molecule has 226 valence electrons. The molecule has 0 spiro atoms. The summed E-state index contributed by atoms with van der Waals surface area (Å²) < 4.78 is 0. The molecule has 5 aliphatic carbocycles. The third-order valence-electron chi connectivity index (χ3n) is 15.4. The molecule has 0 aliphatic heterocycles. The van der Waals surface area contributed by atoms with E-state index in [1.54, 1.807) is 0 Å². The number of hydrogen-bond donors (Lipinski definition) is 4. The van der Waals surface area contributed by atoms with Crippen molar-refractivity contribution in [3.05, 3.63) is 0 Å². The molecule has 0 saturated heterocycles. The van der Waals surface area contributed by atoms with Crippen LogP contribution < -0.4 is 0 Å². The van der Waals surface area contributed by atoms with E-state index in [2.05, 4.69) is 48.5 Å². The second kappa shape index (κ2) is 10.2. The van der Waals surface area contributed by atoms with Crippen molar-refractivity contribution >= 4 is 0 Å². The predicted octanol–water partition coefficient (Wildman–Crippen LogP) is 6.97. The average Bonchev–Trinajstić information content (AvgIpc) is 3.23. The van der Waals surface area contributed by atoms with Crippen LogP contribution in [0.4, 0.5) is 0 Å². The highest BCUT2D eigenvalue weighted by Crippen LogP contribution is 2.78. The molecule has 13 atom stereocenters. The van der Waals surface area contributed by atoms with Gasteiger partial charge in [0.2, 0.25) is 0 Å². The fourth-order valence-electron chi connectivity index (χ4n) is 13.2. The lowest BCUT2D eigenvalue weighted by Crippen LogP contribution is -2.65. The Hall–Kier alpha value is -0.160. The summed E-state index contributed by atoms with van der Waals surface area (Å²) >= 11 is 0. The largest absolute Gasteiger partial charge is 0.394 e. The Morgan fingerprint density at radius 1 is 0.641 bits per heavy atom. The van der Waals surface area contributed by atoms with Crippen molar-refractivity contribution in [1.29, 1.82) is 0 Å². The second-order valence-electron chi connectivity index (χ2n) is 17.2. The fourth-order valence-corrected chi connectivity index (χ4v) is 13.2. The minimum Gasteiger partial charge on any atom is -0.394 e. The molecule has 4 heteroatoms. The third kappa shape index (κ3) is 4.42. The van der Waals surface area contributed by atoms with Crippen LogP contribution in [-0.2, 0) is 0 Å². The minimum absolute atomic E-state index is 0.411. The summed E-state index contributed by atoms with van der Waals surface area (Å²) in [6.45, 7) is 17.9. The van der Waals surface area contributed by atoms with E-state index < -0.39 is 24.9 Å². The molecule has 0 bridgehead atoms. The predicted molar refractivity (Wildman–Crippen MR) is 158 cm³/mol. The second-order valence-corrected chi connectivity index (χ2v) is 17.2. The summed E-state index contributed by atoms with van der Waals surface area (Å²) in [4.78, 5) is 0. The van der Waals surface area contributed by atoms with Gasteiger partial charge < -0.3 is 20.4 Å². The molecule has 5 fully saturated rings. The van der Waals surface area contributed by atoms with Crippen molar-refractivity contribution in [3.63, 3.8) is 0 Å². The van der Waals surface area contributed by atoms with E-state index >= 15 is 0 Å². The first-order chi connectivity index (χ1) is 18.2. The zero-order valence-corrected chi connectivity index (χ0v) is 26.4. The summed E-state index contributed by atoms with van der Waals surface area (Å²) in [6.07, 6.45) is 13.2. The summed E-state index contributed by atoms with van der Waals surface area (Å²) in [6, 6.07) is 0. The Balaban J connectivity index is 1.33. The average molecular weight is 547 g/mol. The minimum atomic E-state index is -1.27. The number of rotatable bonds is 7. The number of fused-ring (bicyclic) bond motifs is 7. The van der Waals surface area contributed by atoms with Crippen molar-refractivity contribution in [3.8, 4) is 0 Å². The molecule has 4 nitrogen and oxygen atoms in total. The zero-order valence-electron chi connectivity index (χ0n) is 26.4. The highest BCUT2D eigenvalue weighted by Gasteiger charge is 2.70. The Morgan fingerprint density at radius 2 is 1.26 bits per heavy atom. The van der Waals surface area contributed by atoms with Gasteiger partial charge in [0, 0.05) is 0 Å². The van der Waals surface area contributed by atoms with Crippen LogP contribution in [0.2, 0.25) is 0 Å². The standard InChI is InChI=1S/C35H62O4/c1-22(9-10-25(37)30(39)26(38)21-36)23-13-18-32(4)24(23)14-19-34(6)28(32)11-12-29-33(5)17-8-16-31(2,3)27(33)15-20-35(29,34)7/h22-30,36-39H,8-21H2,1-7H3/t22?,23-,24+,25?,26?,27?,28-,29?,30?,32+,33+,34-,35-/m1/s1. The van der Waals surface area contributed by atoms with Gasteiger partial charge in [0.15, 0.2) is 0 Å². The molecule has 0 aromatic rings. The first kappa shape index (κ1) is 30.3. The van der Waals surface area contributed by atoms with Crippen molar-refractivity contribution in [2.75, 3.05) is 6.61 Å². The Morgan fingerprint density at radius 3 is 1.90 bits per heavy atom. The van der Waals surface area contributed by atoms with E-state index in [9.17, 15) is 15.3 Å². The Labute approximate surface area is 239 Å². The lowest BCUT2D eigenvalue weighted by atomic mass is 9.32. The number of aliphatic hydroxyl groups excluding tert-OH is 4. The normalized spacial score (nSPS) is 50.1. The zero-order chi connectivity index (χ0) is 28.6. The maximum Gasteiger partial charge on any atom is 0.108 e. The lowest BCUT2D eigenvalue weighted by molar-refractivity contribution is -0.241. The monoisotopic (exact) mass is 546 g/mol. The van der Waals surface area contributed by atoms with E-state index in [-0.39, 0.29) is 0 Å². The van der Waals surface area contributed by atoms with Crippen LogP contribution in [0.15, 0.2) is 0 Å². The van der Waals surface area contributed by atoms with E-state index in [1.165, 1.54) is 70.6 Å². The van der Waals surface area contributed by atoms with Crippen LogP contribution in [0.5, 0.6) is 0 Å². The van der Waals surface area contributed by atoms with E-state index in [0.29, 0.717) is 45.3 Å². The van der Waals surface area contributed by atoms with Gasteiger partial charge in [-0.25, -0.2) is 0 Å². The SMILES string of the molecule is CC(CCC(O)C(O)C(O)CO)[C@H]1CC[C@]2(C)[C@H]3CCC4[C@@]5(C)CCCC(C)(C)C5CC[C@@]4(C)[C@]3(C)CC[C@@H]12. The van der Waals surface area contributed by atoms with Gasteiger partial charge in [0.1, 0.15) is 12.2 Å². The molecule has 5 rings (SSSR count). The van der Waals surface area contributed by atoms with Gasteiger partial charge in [-0.1, -0.05) is 54.9 Å². The maximum absolute atomic E-state index is 10.4. The van der Waals surface area contributed by atoms with Crippen LogP contribution in [0.1, 0.15) is 132 Å². The van der Waals surface area contributed by atoms with Gasteiger partial charge in [-0.05, 0) is 140 Å². The first-order valence-corrected chi connectivity index (χ1v) is 16.8. The van der Waals surface area contributed by atoms with Crippen LogP contribution in [-0.4, -0.2) is 45.3 Å². The molecular formula is C35H62O4. The maximum atomic E-state index is 10.4. The summed E-state index contributed by atoms with van der Waals surface area (Å²) in [7, 11) is 0. The molecule has 5 aliphatic rings. The van der Waals surface area contributed by atoms with Gasteiger partial charge in [0.25, 0.3) is 0 Å². The first-order valence-electron chi connectivity index (χ1n) is 16.8. The van der Waals surface area contributed by atoms with Gasteiger partial charge in [0.05, 0.1) is 12.7 Å². The number of hydrogen-bond acceptors (Lipinski definition) is 4. The summed E-state index contributed by atoms with van der Waals surface area (Å²) in [5.74, 6) is 4.50. The highest BCUT2D eigenvalue weighted by atomic mass is 16.4. The van der Waals surface area contributed by atoms with Crippen LogP contribution in [0.25, 0.3) is 0 Å². The van der Waals surface area contributed by atoms with Gasteiger partial charge in [-0.15, -0.1) is 0 Å². The van der Waals surface area contributed by atoms with E-state index in [0.717, 1.165) is 30.1 Å². The molecular weight excluding hydrogens is 484 g/mol. The third-order valence-corrected chi connectivity index (χ3v) is 15.4. The summed E-state index contributed by atoms with van der Waals surface area (Å²) in [5, 5.41) is 39.5. The Kier molecular flexibility index (Phi) is 7.95. The van der Waals surface area contributed by atoms with Crippen molar-refractivity contribution in [1.82, 2.24) is 0 Å². The Bertz CT molecular complexity index is 888. The van der Waals surface area contributed by atoms with Gasteiger partial charge >= 0.3 is 0 Å². The molecule has 0 radical (unpaired) electrons. The topological polar surface area (TPSA) is 80.9 Å². The molecule has 0 aromatic carbocycles. The lowest BCUT2D eigenvalue weighted by Gasteiger charge is -2.73. The molecule has 0 amide bonds. The van der Waals surface area contributed by atoms with E-state index in [4.69, 9.17) is 5.11 Å². The molecule has 6 unspecified atom stereocenters. The molecule has 4 N–H and O–H groups in total. The van der Waals surface area contributed by atoms with Crippen LogP contribution in [0, 0.1) is 62.6 Å². The van der Waals surface area contributed by atoms with Crippen molar-refractivity contribution in [2.45, 2.75) is 150 Å². The van der Waals surface area contributed by atoms with Crippen LogP contribution >= 0.6 is 0 Å². The quantitative estimate of drug-likeness (QED) is 0.278.